The molecule has 4 aromatic rings. The Hall–Kier alpha value is -3.92. The molecule has 0 saturated carbocycles. The van der Waals surface area contributed by atoms with Gasteiger partial charge < -0.3 is 15.7 Å². The first-order chi connectivity index (χ1) is 17.0. The number of aliphatic hydroxyl groups is 1. The number of rotatable bonds is 7. The van der Waals surface area contributed by atoms with Gasteiger partial charge in [-0.15, -0.1) is 5.10 Å². The Bertz CT molecular complexity index is 1390. The van der Waals surface area contributed by atoms with E-state index in [-0.39, 0.29) is 12.5 Å². The number of hydrogen-bond donors (Lipinski definition) is 4. The number of aryl methyl sites for hydroxylation is 1. The minimum atomic E-state index is -0.712. The molecular weight excluding hydrogens is 466 g/mol. The molecule has 1 aliphatic heterocycles. The molecule has 1 fully saturated rings. The van der Waals surface area contributed by atoms with Crippen molar-refractivity contribution in [2.24, 2.45) is 5.92 Å². The number of β-amino-alcohol motifs (C(OH)–C–C–N with tert-alkyl or cyclic N) is 1. The zero-order valence-electron chi connectivity index (χ0n) is 18.8. The number of aromatic nitrogens is 5. The van der Waals surface area contributed by atoms with E-state index in [0.29, 0.717) is 35.6 Å². The second-order valence-electron chi connectivity index (χ2n) is 8.31. The van der Waals surface area contributed by atoms with Crippen LogP contribution in [0.3, 0.4) is 0 Å². The molecule has 11 nitrogen and oxygen atoms in total. The first kappa shape index (κ1) is 22.9. The molecule has 1 saturated heterocycles. The number of aliphatic hydroxyl groups excluding tert-OH is 1. The number of carbonyl (C=O) groups excluding carboxylic acids is 1. The second-order valence-corrected chi connectivity index (χ2v) is 9.35. The summed E-state index contributed by atoms with van der Waals surface area (Å²) >= 11 is 1.40. The number of likely N-dealkylation sites (tertiary alicyclic amines) is 1. The summed E-state index contributed by atoms with van der Waals surface area (Å²) in [6.45, 7) is 2.77. The van der Waals surface area contributed by atoms with E-state index in [4.69, 9.17) is 5.26 Å². The molecule has 0 radical (unpaired) electrons. The molecule has 0 unspecified atom stereocenters. The van der Waals surface area contributed by atoms with E-state index in [1.807, 2.05) is 55.6 Å². The number of aromatic amines is 1. The van der Waals surface area contributed by atoms with E-state index in [9.17, 15) is 9.90 Å². The Morgan fingerprint density at radius 1 is 1.31 bits per heavy atom. The summed E-state index contributed by atoms with van der Waals surface area (Å²) in [4.78, 5) is 19.7. The van der Waals surface area contributed by atoms with Crippen molar-refractivity contribution in [3.8, 4) is 6.07 Å². The van der Waals surface area contributed by atoms with E-state index < -0.39 is 12.0 Å². The Balaban J connectivity index is 1.23. The van der Waals surface area contributed by atoms with Crippen LogP contribution in [-0.2, 0) is 4.79 Å². The van der Waals surface area contributed by atoms with E-state index in [2.05, 4.69) is 37.0 Å². The van der Waals surface area contributed by atoms with Gasteiger partial charge in [0.05, 0.1) is 24.6 Å². The molecule has 4 heterocycles. The number of nitriles is 1. The monoisotopic (exact) mass is 489 g/mol. The van der Waals surface area contributed by atoms with Crippen molar-refractivity contribution in [1.29, 1.82) is 5.26 Å². The van der Waals surface area contributed by atoms with Gasteiger partial charge in [0.25, 0.3) is 0 Å². The fraction of sp³-hybridized carbons (Fsp3) is 0.261. The Morgan fingerprint density at radius 3 is 2.86 bits per heavy atom. The average Bonchev–Trinajstić information content (AvgIpc) is 3.55. The lowest BCUT2D eigenvalue weighted by atomic mass is 10.1. The molecule has 1 aliphatic rings. The van der Waals surface area contributed by atoms with Crippen LogP contribution in [0.4, 0.5) is 17.3 Å². The van der Waals surface area contributed by atoms with Gasteiger partial charge in [-0.1, -0.05) is 0 Å². The van der Waals surface area contributed by atoms with Gasteiger partial charge in [-0.3, -0.25) is 14.8 Å². The van der Waals surface area contributed by atoms with Crippen LogP contribution in [0.15, 0.2) is 58.7 Å². The standard InChI is InChI=1S/C23H23N9O2S/c1-14-9-20(29-28-14)26-22-18-3-2-8-32(18)30-23(27-22)35-17-6-4-16(5-7-17)25-21(34)13-31-11-15(10-24)19(33)12-31/h2-9,15,19,33H,11-13H2,1H3,(H,25,34)(H2,26,27,28,29,30)/t15-,19-/m1/s1. The lowest BCUT2D eigenvalue weighted by Gasteiger charge is -2.14. The van der Waals surface area contributed by atoms with Crippen LogP contribution < -0.4 is 10.6 Å². The number of fused-ring (bicyclic) bond motifs is 1. The Morgan fingerprint density at radius 2 is 2.14 bits per heavy atom. The molecule has 5 rings (SSSR count). The fourth-order valence-corrected chi connectivity index (χ4v) is 4.64. The molecule has 2 atom stereocenters. The first-order valence-corrected chi connectivity index (χ1v) is 11.8. The van der Waals surface area contributed by atoms with E-state index in [0.717, 1.165) is 16.1 Å². The molecule has 4 N–H and O–H groups in total. The summed E-state index contributed by atoms with van der Waals surface area (Å²) in [6, 6.07) is 15.2. The van der Waals surface area contributed by atoms with Gasteiger partial charge in [-0.05, 0) is 55.1 Å². The van der Waals surface area contributed by atoms with Crippen molar-refractivity contribution in [2.45, 2.75) is 23.1 Å². The zero-order valence-corrected chi connectivity index (χ0v) is 19.7. The van der Waals surface area contributed by atoms with Crippen molar-refractivity contribution >= 4 is 40.5 Å². The third-order valence-corrected chi connectivity index (χ3v) is 6.43. The van der Waals surface area contributed by atoms with Crippen LogP contribution in [0.5, 0.6) is 0 Å². The molecule has 12 heteroatoms. The average molecular weight is 490 g/mol. The second kappa shape index (κ2) is 9.75. The highest BCUT2D eigenvalue weighted by Crippen LogP contribution is 2.29. The van der Waals surface area contributed by atoms with Gasteiger partial charge in [0.15, 0.2) is 11.6 Å². The highest BCUT2D eigenvalue weighted by molar-refractivity contribution is 7.99. The van der Waals surface area contributed by atoms with Crippen LogP contribution in [0.25, 0.3) is 5.52 Å². The molecule has 178 valence electrons. The minimum absolute atomic E-state index is 0.127. The van der Waals surface area contributed by atoms with Crippen molar-refractivity contribution in [3.05, 3.63) is 54.4 Å². The maximum absolute atomic E-state index is 12.4. The molecule has 3 aromatic heterocycles. The van der Waals surface area contributed by atoms with E-state index in [1.54, 1.807) is 9.42 Å². The van der Waals surface area contributed by atoms with Crippen molar-refractivity contribution in [1.82, 2.24) is 29.7 Å². The molecule has 0 spiro atoms. The Labute approximate surface area is 205 Å². The summed E-state index contributed by atoms with van der Waals surface area (Å²) in [5, 5.41) is 37.2. The number of amides is 1. The van der Waals surface area contributed by atoms with Gasteiger partial charge in [0, 0.05) is 41.6 Å². The SMILES string of the molecule is Cc1cc(Nc2nc(Sc3ccc(NC(=O)CN4C[C@@H](O)[C@H](C#N)C4)cc3)nn3cccc23)n[nH]1. The van der Waals surface area contributed by atoms with Crippen LogP contribution in [-0.4, -0.2) is 66.4 Å². The highest BCUT2D eigenvalue weighted by atomic mass is 32.2. The first-order valence-electron chi connectivity index (χ1n) is 11.0. The molecule has 1 amide bonds. The summed E-state index contributed by atoms with van der Waals surface area (Å²) in [7, 11) is 0. The van der Waals surface area contributed by atoms with Crippen LogP contribution in [0.2, 0.25) is 0 Å². The van der Waals surface area contributed by atoms with Gasteiger partial charge in [0.1, 0.15) is 5.52 Å². The minimum Gasteiger partial charge on any atom is -0.390 e. The van der Waals surface area contributed by atoms with Crippen molar-refractivity contribution < 1.29 is 9.90 Å². The number of nitrogens with zero attached hydrogens (tertiary/aromatic N) is 6. The maximum atomic E-state index is 12.4. The molecule has 0 aliphatic carbocycles. The maximum Gasteiger partial charge on any atom is 0.238 e. The summed E-state index contributed by atoms with van der Waals surface area (Å²) in [6.07, 6.45) is 1.15. The van der Waals surface area contributed by atoms with E-state index in [1.165, 1.54) is 11.8 Å². The van der Waals surface area contributed by atoms with Crippen LogP contribution in [0.1, 0.15) is 5.69 Å². The van der Waals surface area contributed by atoms with Gasteiger partial charge >= 0.3 is 0 Å². The summed E-state index contributed by atoms with van der Waals surface area (Å²) in [5.41, 5.74) is 2.44. The van der Waals surface area contributed by atoms with Gasteiger partial charge in [-0.25, -0.2) is 9.50 Å². The zero-order chi connectivity index (χ0) is 24.4. The van der Waals surface area contributed by atoms with Crippen LogP contribution >= 0.6 is 11.8 Å². The number of H-pyrrole nitrogens is 1. The fourth-order valence-electron chi connectivity index (χ4n) is 3.89. The highest BCUT2D eigenvalue weighted by Gasteiger charge is 2.32. The lowest BCUT2D eigenvalue weighted by molar-refractivity contribution is -0.117. The third-order valence-electron chi connectivity index (χ3n) is 5.57. The third kappa shape index (κ3) is 5.27. The summed E-state index contributed by atoms with van der Waals surface area (Å²) < 4.78 is 1.76. The van der Waals surface area contributed by atoms with E-state index >= 15 is 0 Å². The largest absolute Gasteiger partial charge is 0.390 e. The normalized spacial score (nSPS) is 18.0. The van der Waals surface area contributed by atoms with Crippen molar-refractivity contribution in [3.63, 3.8) is 0 Å². The topological polar surface area (TPSA) is 147 Å². The quantitative estimate of drug-likeness (QED) is 0.307. The molecule has 1 aromatic carbocycles. The molecule has 35 heavy (non-hydrogen) atoms. The number of benzene rings is 1. The van der Waals surface area contributed by atoms with Gasteiger partial charge in [-0.2, -0.15) is 10.4 Å². The number of carbonyl (C=O) groups is 1. The van der Waals surface area contributed by atoms with Gasteiger partial charge in [0.2, 0.25) is 11.1 Å². The number of anilines is 3. The number of nitrogens with one attached hydrogen (secondary N) is 3. The van der Waals surface area contributed by atoms with Crippen LogP contribution in [0, 0.1) is 24.2 Å². The summed E-state index contributed by atoms with van der Waals surface area (Å²) in [5.74, 6) is 0.675. The Kier molecular flexibility index (Phi) is 6.37. The smallest absolute Gasteiger partial charge is 0.238 e. The molecular formula is C23H23N9O2S. The molecule has 0 bridgehead atoms. The predicted molar refractivity (Wildman–Crippen MR) is 130 cm³/mol. The number of hydrogen-bond acceptors (Lipinski definition) is 9. The van der Waals surface area contributed by atoms with Crippen molar-refractivity contribution in [2.75, 3.05) is 30.3 Å². The predicted octanol–water partition coefficient (Wildman–Crippen LogP) is 2.41. The lowest BCUT2D eigenvalue weighted by Crippen LogP contribution is -2.32.